The molecule has 3 rings (SSSR count). The summed E-state index contributed by atoms with van der Waals surface area (Å²) in [5.41, 5.74) is -2.60. The maximum Gasteiger partial charge on any atom is 0.421 e. The van der Waals surface area contributed by atoms with E-state index >= 15 is 0 Å². The standard InChI is InChI=1S/C28H36NO8P/c1-7-34-24(30)23(38(33,35-8-2)36-9-3)19-28(20-15-11-10-12-16-20)21-17-13-14-18-22(21)29(25(28)31)26(32)37-27(4,5)6/h10-18,23H,7-9,19H2,1-6H3/t23-,28+/m0/s1. The van der Waals surface area contributed by atoms with Crippen LogP contribution in [0.3, 0.4) is 0 Å². The fourth-order valence-corrected chi connectivity index (χ4v) is 6.66. The molecule has 1 aliphatic heterocycles. The molecule has 1 heterocycles. The molecule has 0 fully saturated rings. The number of nitrogens with zero attached hydrogens (tertiary/aromatic N) is 1. The number of hydrogen-bond acceptors (Lipinski definition) is 8. The normalized spacial score (nSPS) is 18.2. The zero-order valence-corrected chi connectivity index (χ0v) is 23.7. The highest BCUT2D eigenvalue weighted by Crippen LogP contribution is 2.59. The first kappa shape index (κ1) is 29.6. The van der Waals surface area contributed by atoms with Gasteiger partial charge in [-0.05, 0) is 65.2 Å². The highest BCUT2D eigenvalue weighted by molar-refractivity contribution is 7.55. The molecule has 0 N–H and O–H groups in total. The number of ether oxygens (including phenoxy) is 2. The molecule has 0 aromatic heterocycles. The lowest BCUT2D eigenvalue weighted by molar-refractivity contribution is -0.143. The highest BCUT2D eigenvalue weighted by Gasteiger charge is 2.59. The Morgan fingerprint density at radius 1 is 0.921 bits per heavy atom. The number of hydrogen-bond donors (Lipinski definition) is 0. The molecule has 0 unspecified atom stereocenters. The quantitative estimate of drug-likeness (QED) is 0.271. The number of anilines is 1. The van der Waals surface area contributed by atoms with Gasteiger partial charge in [0.1, 0.15) is 11.0 Å². The van der Waals surface area contributed by atoms with Crippen LogP contribution in [0.15, 0.2) is 54.6 Å². The largest absolute Gasteiger partial charge is 0.465 e. The molecular weight excluding hydrogens is 509 g/mol. The monoisotopic (exact) mass is 545 g/mol. The van der Waals surface area contributed by atoms with Crippen LogP contribution in [0.25, 0.3) is 0 Å². The maximum absolute atomic E-state index is 14.5. The van der Waals surface area contributed by atoms with Crippen molar-refractivity contribution in [2.45, 2.75) is 64.6 Å². The first-order valence-corrected chi connectivity index (χ1v) is 14.3. The number of imide groups is 1. The third kappa shape index (κ3) is 5.70. The second-order valence-electron chi connectivity index (χ2n) is 9.76. The summed E-state index contributed by atoms with van der Waals surface area (Å²) in [6, 6.07) is 15.6. The minimum Gasteiger partial charge on any atom is -0.465 e. The zero-order chi connectivity index (χ0) is 28.1. The molecule has 2 atom stereocenters. The number of fused-ring (bicyclic) bond motifs is 1. The van der Waals surface area contributed by atoms with Crippen LogP contribution in [0.2, 0.25) is 0 Å². The first-order chi connectivity index (χ1) is 17.9. The third-order valence-corrected chi connectivity index (χ3v) is 8.47. The molecule has 0 saturated carbocycles. The lowest BCUT2D eigenvalue weighted by Crippen LogP contribution is -2.48. The minimum atomic E-state index is -4.11. The van der Waals surface area contributed by atoms with Gasteiger partial charge in [0.25, 0.3) is 5.91 Å². The summed E-state index contributed by atoms with van der Waals surface area (Å²) in [7, 11) is -4.11. The van der Waals surface area contributed by atoms with E-state index < -0.39 is 42.2 Å². The molecule has 1 aliphatic rings. The average molecular weight is 546 g/mol. The van der Waals surface area contributed by atoms with Gasteiger partial charge >= 0.3 is 19.7 Å². The van der Waals surface area contributed by atoms with Gasteiger partial charge in [-0.1, -0.05) is 48.5 Å². The molecule has 0 spiro atoms. The van der Waals surface area contributed by atoms with Gasteiger partial charge in [0, 0.05) is 0 Å². The maximum atomic E-state index is 14.5. The van der Waals surface area contributed by atoms with Crippen LogP contribution in [0, 0.1) is 0 Å². The van der Waals surface area contributed by atoms with E-state index in [1.165, 1.54) is 0 Å². The highest BCUT2D eigenvalue weighted by atomic mass is 31.2. The van der Waals surface area contributed by atoms with Crippen molar-refractivity contribution in [1.29, 1.82) is 0 Å². The van der Waals surface area contributed by atoms with Crippen LogP contribution in [0.4, 0.5) is 10.5 Å². The second-order valence-corrected chi connectivity index (χ2v) is 12.0. The number of carbonyl (C=O) groups excluding carboxylic acids is 3. The number of para-hydroxylation sites is 1. The Labute approximate surface area is 223 Å². The Morgan fingerprint density at radius 2 is 1.50 bits per heavy atom. The Kier molecular flexibility index (Phi) is 9.18. The summed E-state index contributed by atoms with van der Waals surface area (Å²) in [5, 5.41) is 0. The van der Waals surface area contributed by atoms with E-state index in [0.29, 0.717) is 16.8 Å². The Balaban J connectivity index is 2.30. The molecule has 0 aliphatic carbocycles. The van der Waals surface area contributed by atoms with E-state index in [4.69, 9.17) is 18.5 Å². The van der Waals surface area contributed by atoms with Crippen LogP contribution in [-0.2, 0) is 38.1 Å². The summed E-state index contributed by atoms with van der Waals surface area (Å²) < 4.78 is 36.1. The minimum absolute atomic E-state index is 0.0140. The fourth-order valence-electron chi connectivity index (χ4n) is 4.68. The van der Waals surface area contributed by atoms with Gasteiger partial charge in [0.15, 0.2) is 5.66 Å². The zero-order valence-electron chi connectivity index (χ0n) is 22.8. The van der Waals surface area contributed by atoms with Crippen LogP contribution < -0.4 is 4.90 Å². The number of esters is 1. The summed E-state index contributed by atoms with van der Waals surface area (Å²) in [6.45, 7) is 10.1. The lowest BCUT2D eigenvalue weighted by atomic mass is 9.72. The molecule has 2 aromatic rings. The van der Waals surface area contributed by atoms with Gasteiger partial charge in [-0.25, -0.2) is 9.69 Å². The molecule has 2 aromatic carbocycles. The molecule has 2 amide bonds. The van der Waals surface area contributed by atoms with E-state index in [9.17, 15) is 18.9 Å². The number of rotatable bonds is 10. The van der Waals surface area contributed by atoms with Crippen LogP contribution in [-0.4, -0.2) is 49.1 Å². The van der Waals surface area contributed by atoms with Crippen molar-refractivity contribution in [3.05, 3.63) is 65.7 Å². The van der Waals surface area contributed by atoms with Gasteiger partial charge in [-0.15, -0.1) is 0 Å². The number of carbonyl (C=O) groups is 3. The number of amides is 2. The van der Waals surface area contributed by atoms with Crippen LogP contribution >= 0.6 is 7.60 Å². The summed E-state index contributed by atoms with van der Waals surface area (Å²) in [6.07, 6.45) is -1.17. The lowest BCUT2D eigenvalue weighted by Gasteiger charge is -2.34. The summed E-state index contributed by atoms with van der Waals surface area (Å²) >= 11 is 0. The van der Waals surface area contributed by atoms with Crippen molar-refractivity contribution in [2.24, 2.45) is 0 Å². The second kappa shape index (κ2) is 11.8. The molecule has 206 valence electrons. The average Bonchev–Trinajstić information content (AvgIpc) is 3.10. The van der Waals surface area contributed by atoms with Crippen molar-refractivity contribution in [1.82, 2.24) is 0 Å². The molecule has 9 nitrogen and oxygen atoms in total. The first-order valence-electron chi connectivity index (χ1n) is 12.7. The molecule has 38 heavy (non-hydrogen) atoms. The topological polar surface area (TPSA) is 108 Å². The van der Waals surface area contributed by atoms with Gasteiger partial charge in [0.2, 0.25) is 0 Å². The third-order valence-electron chi connectivity index (χ3n) is 6.07. The Morgan fingerprint density at radius 3 is 2.05 bits per heavy atom. The predicted octanol–water partition coefficient (Wildman–Crippen LogP) is 5.84. The Hall–Kier alpha value is -3.00. The molecule has 0 bridgehead atoms. The summed E-state index contributed by atoms with van der Waals surface area (Å²) in [5.74, 6) is -1.44. The predicted molar refractivity (Wildman–Crippen MR) is 143 cm³/mol. The van der Waals surface area contributed by atoms with Gasteiger partial charge in [-0.2, -0.15) is 0 Å². The summed E-state index contributed by atoms with van der Waals surface area (Å²) in [4.78, 5) is 42.2. The molecule has 0 radical (unpaired) electrons. The van der Waals surface area contributed by atoms with Gasteiger partial charge < -0.3 is 18.5 Å². The number of benzene rings is 2. The van der Waals surface area contributed by atoms with Crippen molar-refractivity contribution < 1.29 is 37.5 Å². The van der Waals surface area contributed by atoms with E-state index in [-0.39, 0.29) is 26.2 Å². The molecular formula is C28H36NO8P. The SMILES string of the molecule is CCOC(=O)[C@H](C[C@]1(c2ccccc2)C(=O)N(C(=O)OC(C)(C)C)c2ccccc21)P(=O)(OCC)OCC. The van der Waals surface area contributed by atoms with E-state index in [1.54, 1.807) is 96.1 Å². The smallest absolute Gasteiger partial charge is 0.421 e. The van der Waals surface area contributed by atoms with Crippen LogP contribution in [0.5, 0.6) is 0 Å². The van der Waals surface area contributed by atoms with Crippen molar-refractivity contribution >= 4 is 31.3 Å². The Bertz CT molecular complexity index is 1200. The van der Waals surface area contributed by atoms with E-state index in [1.807, 2.05) is 0 Å². The van der Waals surface area contributed by atoms with E-state index in [2.05, 4.69) is 0 Å². The van der Waals surface area contributed by atoms with Gasteiger partial charge in [-0.3, -0.25) is 14.2 Å². The van der Waals surface area contributed by atoms with Crippen molar-refractivity contribution in [2.75, 3.05) is 24.7 Å². The fraction of sp³-hybridized carbons (Fsp3) is 0.464. The van der Waals surface area contributed by atoms with Crippen molar-refractivity contribution in [3.63, 3.8) is 0 Å². The molecule has 10 heteroatoms. The van der Waals surface area contributed by atoms with E-state index in [0.717, 1.165) is 4.90 Å². The van der Waals surface area contributed by atoms with Crippen LogP contribution in [0.1, 0.15) is 59.1 Å². The van der Waals surface area contributed by atoms with Gasteiger partial charge in [0.05, 0.1) is 25.5 Å². The van der Waals surface area contributed by atoms with Crippen molar-refractivity contribution in [3.8, 4) is 0 Å². The molecule has 0 saturated heterocycles.